The van der Waals surface area contributed by atoms with E-state index in [9.17, 15) is 13.2 Å². The Morgan fingerprint density at radius 1 is 1.26 bits per heavy atom. The van der Waals surface area contributed by atoms with Crippen molar-refractivity contribution in [1.82, 2.24) is 10.0 Å². The van der Waals surface area contributed by atoms with E-state index in [0.717, 1.165) is 13.0 Å². The van der Waals surface area contributed by atoms with Crippen molar-refractivity contribution in [3.05, 3.63) is 24.3 Å². The Bertz CT molecular complexity index is 529. The number of nitrogens with one attached hydrogen (secondary N) is 3. The van der Waals surface area contributed by atoms with Gasteiger partial charge in [0.15, 0.2) is 0 Å². The third kappa shape index (κ3) is 4.98. The molecule has 0 saturated heterocycles. The van der Waals surface area contributed by atoms with Crippen LogP contribution in [0.15, 0.2) is 29.2 Å². The van der Waals surface area contributed by atoms with Crippen LogP contribution in [0.5, 0.6) is 0 Å². The molecule has 1 aromatic carbocycles. The molecule has 0 saturated carbocycles. The Hall–Kier alpha value is -1.44. The molecule has 1 rings (SSSR count). The number of hydrogen-bond acceptors (Lipinski definition) is 4. The number of carbonyl (C=O) groups is 1. The standard InChI is InChI=1S/C12H19N3O3S/c1-13-8-4-7-12(16)15-10-5-3-6-11(9-10)19(17,18)14-2/h3,5-6,9,13-14H,4,7-8H2,1-2H3,(H,15,16). The number of anilines is 1. The van der Waals surface area contributed by atoms with Gasteiger partial charge < -0.3 is 10.6 Å². The average molecular weight is 285 g/mol. The molecule has 0 radical (unpaired) electrons. The molecule has 0 heterocycles. The molecule has 0 aliphatic carbocycles. The lowest BCUT2D eigenvalue weighted by Crippen LogP contribution is -2.19. The van der Waals surface area contributed by atoms with E-state index in [0.29, 0.717) is 12.1 Å². The molecule has 1 aromatic rings. The molecule has 0 fully saturated rings. The Kier molecular flexibility index (Phi) is 5.94. The van der Waals surface area contributed by atoms with Crippen LogP contribution < -0.4 is 15.4 Å². The summed E-state index contributed by atoms with van der Waals surface area (Å²) < 4.78 is 25.5. The van der Waals surface area contributed by atoms with Crippen molar-refractivity contribution in [2.45, 2.75) is 17.7 Å². The van der Waals surface area contributed by atoms with E-state index in [4.69, 9.17) is 0 Å². The van der Waals surface area contributed by atoms with Gasteiger partial charge in [-0.2, -0.15) is 0 Å². The van der Waals surface area contributed by atoms with Gasteiger partial charge in [-0.3, -0.25) is 4.79 Å². The first-order valence-corrected chi connectivity index (χ1v) is 7.46. The lowest BCUT2D eigenvalue weighted by atomic mass is 10.2. The third-order valence-electron chi connectivity index (χ3n) is 2.53. The van der Waals surface area contributed by atoms with E-state index in [1.54, 1.807) is 12.1 Å². The molecule has 106 valence electrons. The molecule has 0 aliphatic heterocycles. The second kappa shape index (κ2) is 7.22. The molecule has 0 aliphatic rings. The Morgan fingerprint density at radius 2 is 2.00 bits per heavy atom. The highest BCUT2D eigenvalue weighted by atomic mass is 32.2. The van der Waals surface area contributed by atoms with Crippen LogP contribution in [0.3, 0.4) is 0 Å². The Balaban J connectivity index is 2.70. The molecule has 0 atom stereocenters. The highest BCUT2D eigenvalue weighted by Crippen LogP contribution is 2.15. The number of rotatable bonds is 7. The summed E-state index contributed by atoms with van der Waals surface area (Å²) in [6.45, 7) is 0.765. The van der Waals surface area contributed by atoms with Gasteiger partial charge in [-0.25, -0.2) is 13.1 Å². The molecule has 6 nitrogen and oxygen atoms in total. The molecule has 0 spiro atoms. The SMILES string of the molecule is CNCCCC(=O)Nc1cccc(S(=O)(=O)NC)c1. The Labute approximate surface area is 113 Å². The van der Waals surface area contributed by atoms with Crippen molar-refractivity contribution in [3.63, 3.8) is 0 Å². The van der Waals surface area contributed by atoms with Gasteiger partial charge in [-0.15, -0.1) is 0 Å². The van der Waals surface area contributed by atoms with Crippen molar-refractivity contribution < 1.29 is 13.2 Å². The van der Waals surface area contributed by atoms with Crippen LogP contribution in [-0.4, -0.2) is 35.0 Å². The van der Waals surface area contributed by atoms with Crippen LogP contribution >= 0.6 is 0 Å². The summed E-state index contributed by atoms with van der Waals surface area (Å²) in [7, 11) is -0.320. The minimum absolute atomic E-state index is 0.128. The average Bonchev–Trinajstić information content (AvgIpc) is 2.39. The molecular weight excluding hydrogens is 266 g/mol. The second-order valence-corrected chi connectivity index (χ2v) is 5.88. The van der Waals surface area contributed by atoms with Gasteiger partial charge in [0.2, 0.25) is 15.9 Å². The van der Waals surface area contributed by atoms with Crippen LogP contribution in [-0.2, 0) is 14.8 Å². The predicted molar refractivity (Wildman–Crippen MR) is 74.5 cm³/mol. The molecule has 19 heavy (non-hydrogen) atoms. The number of carbonyl (C=O) groups excluding carboxylic acids is 1. The van der Waals surface area contributed by atoms with Gasteiger partial charge in [0.05, 0.1) is 4.90 Å². The number of sulfonamides is 1. The lowest BCUT2D eigenvalue weighted by Gasteiger charge is -2.07. The van der Waals surface area contributed by atoms with Crippen LogP contribution in [0, 0.1) is 0 Å². The summed E-state index contributed by atoms with van der Waals surface area (Å²) >= 11 is 0. The van der Waals surface area contributed by atoms with Gasteiger partial charge in [0.1, 0.15) is 0 Å². The van der Waals surface area contributed by atoms with Crippen molar-refractivity contribution in [2.24, 2.45) is 0 Å². The summed E-state index contributed by atoms with van der Waals surface area (Å²) in [6.07, 6.45) is 1.13. The first-order valence-electron chi connectivity index (χ1n) is 5.97. The molecule has 0 aromatic heterocycles. The molecular formula is C12H19N3O3S. The highest BCUT2D eigenvalue weighted by molar-refractivity contribution is 7.89. The largest absolute Gasteiger partial charge is 0.326 e. The summed E-state index contributed by atoms with van der Waals surface area (Å²) in [5.74, 6) is -0.130. The van der Waals surface area contributed by atoms with E-state index in [2.05, 4.69) is 15.4 Å². The summed E-state index contributed by atoms with van der Waals surface area (Å²) in [5.41, 5.74) is 0.478. The van der Waals surface area contributed by atoms with E-state index in [1.165, 1.54) is 19.2 Å². The smallest absolute Gasteiger partial charge is 0.240 e. The summed E-state index contributed by atoms with van der Waals surface area (Å²) in [6, 6.07) is 6.16. The fourth-order valence-electron chi connectivity index (χ4n) is 1.51. The number of amides is 1. The molecule has 7 heteroatoms. The van der Waals surface area contributed by atoms with Crippen molar-refractivity contribution in [3.8, 4) is 0 Å². The van der Waals surface area contributed by atoms with Crippen molar-refractivity contribution in [2.75, 3.05) is 26.0 Å². The van der Waals surface area contributed by atoms with Crippen LogP contribution in [0.25, 0.3) is 0 Å². The molecule has 3 N–H and O–H groups in total. The van der Waals surface area contributed by atoms with Gasteiger partial charge >= 0.3 is 0 Å². The second-order valence-electron chi connectivity index (χ2n) is 3.99. The van der Waals surface area contributed by atoms with Gasteiger partial charge in [0.25, 0.3) is 0 Å². The van der Waals surface area contributed by atoms with E-state index >= 15 is 0 Å². The van der Waals surface area contributed by atoms with E-state index in [-0.39, 0.29) is 10.8 Å². The summed E-state index contributed by atoms with van der Waals surface area (Å²) in [4.78, 5) is 11.7. The molecule has 0 bridgehead atoms. The minimum Gasteiger partial charge on any atom is -0.326 e. The topological polar surface area (TPSA) is 87.3 Å². The molecule has 1 amide bonds. The third-order valence-corrected chi connectivity index (χ3v) is 3.94. The zero-order valence-electron chi connectivity index (χ0n) is 11.1. The zero-order valence-corrected chi connectivity index (χ0v) is 11.9. The minimum atomic E-state index is -3.49. The fraction of sp³-hybridized carbons (Fsp3) is 0.417. The van der Waals surface area contributed by atoms with Gasteiger partial charge in [0, 0.05) is 12.1 Å². The first kappa shape index (κ1) is 15.6. The lowest BCUT2D eigenvalue weighted by molar-refractivity contribution is -0.116. The predicted octanol–water partition coefficient (Wildman–Crippen LogP) is 0.533. The highest BCUT2D eigenvalue weighted by Gasteiger charge is 2.12. The maximum atomic E-state index is 11.6. The van der Waals surface area contributed by atoms with Crippen LogP contribution in [0.1, 0.15) is 12.8 Å². The maximum Gasteiger partial charge on any atom is 0.240 e. The van der Waals surface area contributed by atoms with E-state index < -0.39 is 10.0 Å². The quantitative estimate of drug-likeness (QED) is 0.638. The van der Waals surface area contributed by atoms with E-state index in [1.807, 2.05) is 7.05 Å². The van der Waals surface area contributed by atoms with Gasteiger partial charge in [-0.05, 0) is 45.3 Å². The zero-order chi connectivity index (χ0) is 14.3. The monoisotopic (exact) mass is 285 g/mol. The van der Waals surface area contributed by atoms with Crippen molar-refractivity contribution >= 4 is 21.6 Å². The normalized spacial score (nSPS) is 11.3. The van der Waals surface area contributed by atoms with Crippen molar-refractivity contribution in [1.29, 1.82) is 0 Å². The Morgan fingerprint density at radius 3 is 2.63 bits per heavy atom. The summed E-state index contributed by atoms with van der Waals surface area (Å²) in [5, 5.41) is 5.63. The number of benzene rings is 1. The molecule has 0 unspecified atom stereocenters. The maximum absolute atomic E-state index is 11.6. The van der Waals surface area contributed by atoms with Gasteiger partial charge in [-0.1, -0.05) is 6.07 Å². The first-order chi connectivity index (χ1) is 8.99. The number of hydrogen-bond donors (Lipinski definition) is 3. The van der Waals surface area contributed by atoms with Crippen LogP contribution in [0.2, 0.25) is 0 Å². The fourth-order valence-corrected chi connectivity index (χ4v) is 2.28. The van der Waals surface area contributed by atoms with Crippen LogP contribution in [0.4, 0.5) is 5.69 Å².